The van der Waals surface area contributed by atoms with E-state index >= 15 is 0 Å². The van der Waals surface area contributed by atoms with Gasteiger partial charge < -0.3 is 4.89 Å². The van der Waals surface area contributed by atoms with E-state index in [0.717, 1.165) is 0 Å². The zero-order valence-electron chi connectivity index (χ0n) is 1.02. The number of rotatable bonds is 0. The molecule has 0 aliphatic heterocycles. The van der Waals surface area contributed by atoms with Crippen LogP contribution in [0.1, 0.15) is 0 Å². The molecule has 0 aromatic heterocycles. The third-order valence-corrected chi connectivity index (χ3v) is 0. The van der Waals surface area contributed by atoms with Crippen molar-refractivity contribution in [3.8, 4) is 0 Å². The van der Waals surface area contributed by atoms with Crippen LogP contribution in [0.25, 0.3) is 0 Å². The van der Waals surface area contributed by atoms with Gasteiger partial charge in [-0.1, -0.05) is 0 Å². The molecule has 1 unspecified atom stereocenters. The molecule has 0 saturated heterocycles. The van der Waals surface area contributed by atoms with E-state index in [2.05, 4.69) is 0 Å². The van der Waals surface area contributed by atoms with Crippen LogP contribution in [-0.2, 0) is 0 Å². The summed E-state index contributed by atoms with van der Waals surface area (Å²) >= 11 is 0. The van der Waals surface area contributed by atoms with Gasteiger partial charge in [0.1, 0.15) is 0 Å². The molecule has 0 bridgehead atoms. The average Bonchev–Trinajstić information content (AvgIpc) is 1.00. The van der Waals surface area contributed by atoms with E-state index in [-0.39, 0.29) is 103 Å². The van der Waals surface area contributed by atoms with Crippen LogP contribution in [0.3, 0.4) is 0 Å². The Bertz CT molecular complexity index is 6.00. The standard InChI is InChI=1S/2K.H3OP.2H/c;;1-2;;/h;;1H,2H2;;. The van der Waals surface area contributed by atoms with Crippen LogP contribution in [0, 0.1) is 0 Å². The molecule has 4 heteroatoms. The molecule has 0 fully saturated rings. The normalized spacial score (nSPS) is 1.50. The Morgan fingerprint density at radius 3 is 1.00 bits per heavy atom. The SMILES string of the molecule is OP.[KH].[KH]. The van der Waals surface area contributed by atoms with E-state index in [1.165, 1.54) is 9.47 Å². The maximum atomic E-state index is 6.92. The van der Waals surface area contributed by atoms with Crippen LogP contribution < -0.4 is 0 Å². The van der Waals surface area contributed by atoms with Crippen molar-refractivity contribution in [3.63, 3.8) is 0 Å². The van der Waals surface area contributed by atoms with Crippen molar-refractivity contribution in [3.05, 3.63) is 0 Å². The summed E-state index contributed by atoms with van der Waals surface area (Å²) in [5.41, 5.74) is 0. The van der Waals surface area contributed by atoms with Gasteiger partial charge >= 0.3 is 103 Å². The summed E-state index contributed by atoms with van der Waals surface area (Å²) in [6.07, 6.45) is 0. The van der Waals surface area contributed by atoms with Crippen LogP contribution in [0.4, 0.5) is 0 Å². The van der Waals surface area contributed by atoms with Gasteiger partial charge in [-0.15, -0.1) is 0 Å². The van der Waals surface area contributed by atoms with Gasteiger partial charge in [0.05, 0.1) is 0 Å². The molecule has 4 heavy (non-hydrogen) atoms. The molecule has 0 amide bonds. The number of hydrogen-bond donors (Lipinski definition) is 1. The van der Waals surface area contributed by atoms with Gasteiger partial charge in [0.15, 0.2) is 0 Å². The molecule has 1 atom stereocenters. The van der Waals surface area contributed by atoms with Crippen molar-refractivity contribution in [1.29, 1.82) is 0 Å². The fraction of sp³-hybridized carbons (Fsp3) is 0. The Kier molecular flexibility index (Phi) is 62.3. The third-order valence-electron chi connectivity index (χ3n) is 0. The first-order valence-electron chi connectivity index (χ1n) is 0.258. The van der Waals surface area contributed by atoms with E-state index in [9.17, 15) is 0 Å². The molecule has 0 radical (unpaired) electrons. The second-order valence-electron chi connectivity index (χ2n) is 0. The summed E-state index contributed by atoms with van der Waals surface area (Å²) in [7, 11) is 1.42. The number of hydrogen-bond acceptors (Lipinski definition) is 1. The molecule has 1 nitrogen and oxygen atoms in total. The van der Waals surface area contributed by atoms with E-state index in [0.29, 0.717) is 0 Å². The van der Waals surface area contributed by atoms with Crippen LogP contribution in [0.5, 0.6) is 0 Å². The van der Waals surface area contributed by atoms with Gasteiger partial charge in [-0.05, 0) is 9.47 Å². The van der Waals surface area contributed by atoms with Crippen LogP contribution >= 0.6 is 9.47 Å². The van der Waals surface area contributed by atoms with Gasteiger partial charge in [0.25, 0.3) is 0 Å². The summed E-state index contributed by atoms with van der Waals surface area (Å²) in [5, 5.41) is 0. The average molecular weight is 130 g/mol. The molecule has 0 aliphatic carbocycles. The van der Waals surface area contributed by atoms with E-state index in [4.69, 9.17) is 4.89 Å². The molecular formula is H5K2OP. The fourth-order valence-electron chi connectivity index (χ4n) is 0. The first kappa shape index (κ1) is 15.6. The Morgan fingerprint density at radius 2 is 1.00 bits per heavy atom. The van der Waals surface area contributed by atoms with Gasteiger partial charge in [-0.25, -0.2) is 0 Å². The zero-order chi connectivity index (χ0) is 2.00. The Balaban J connectivity index is -0.00000000500. The summed E-state index contributed by atoms with van der Waals surface area (Å²) in [6, 6.07) is 0. The van der Waals surface area contributed by atoms with Crippen molar-refractivity contribution in [2.24, 2.45) is 0 Å². The molecule has 0 spiro atoms. The summed E-state index contributed by atoms with van der Waals surface area (Å²) in [5.74, 6) is 0. The first-order chi connectivity index (χ1) is 1.00. The van der Waals surface area contributed by atoms with Gasteiger partial charge in [0.2, 0.25) is 0 Å². The molecule has 18 valence electrons. The summed E-state index contributed by atoms with van der Waals surface area (Å²) in [4.78, 5) is 6.92. The quantitative estimate of drug-likeness (QED) is 0.312. The molecule has 0 saturated carbocycles. The molecule has 0 heterocycles. The molecule has 0 aromatic rings. The van der Waals surface area contributed by atoms with Crippen molar-refractivity contribution < 1.29 is 4.89 Å². The second-order valence-corrected chi connectivity index (χ2v) is 0. The summed E-state index contributed by atoms with van der Waals surface area (Å²) < 4.78 is 0. The van der Waals surface area contributed by atoms with E-state index in [1.54, 1.807) is 0 Å². The van der Waals surface area contributed by atoms with Crippen LogP contribution in [-0.4, -0.2) is 108 Å². The molecule has 0 rings (SSSR count). The predicted octanol–water partition coefficient (Wildman–Crippen LogP) is -1.53. The van der Waals surface area contributed by atoms with Crippen molar-refractivity contribution in [2.75, 3.05) is 0 Å². The Hall–Kier alpha value is 3.66. The van der Waals surface area contributed by atoms with Gasteiger partial charge in [-0.3, -0.25) is 0 Å². The fourth-order valence-corrected chi connectivity index (χ4v) is 0. The molecule has 0 aromatic carbocycles. The Morgan fingerprint density at radius 1 is 1.00 bits per heavy atom. The van der Waals surface area contributed by atoms with Crippen molar-refractivity contribution in [1.82, 2.24) is 0 Å². The van der Waals surface area contributed by atoms with E-state index < -0.39 is 0 Å². The van der Waals surface area contributed by atoms with E-state index in [1.807, 2.05) is 0 Å². The third kappa shape index (κ3) is 9.18. The minimum atomic E-state index is 0. The van der Waals surface area contributed by atoms with Gasteiger partial charge in [-0.2, -0.15) is 0 Å². The Labute approximate surface area is 113 Å². The molecule has 1 N–H and O–H groups in total. The monoisotopic (exact) mass is 130 g/mol. The van der Waals surface area contributed by atoms with Crippen LogP contribution in [0.2, 0.25) is 0 Å². The maximum absolute atomic E-state index is 6.92. The first-order valence-corrected chi connectivity index (χ1v) is 0.775. The molecule has 0 aliphatic rings. The minimum absolute atomic E-state index is 0. The second kappa shape index (κ2) is 15.9. The topological polar surface area (TPSA) is 20.2 Å². The van der Waals surface area contributed by atoms with Gasteiger partial charge in [0, 0.05) is 0 Å². The zero-order valence-corrected chi connectivity index (χ0v) is 2.18. The van der Waals surface area contributed by atoms with Crippen molar-refractivity contribution in [2.45, 2.75) is 0 Å². The summed E-state index contributed by atoms with van der Waals surface area (Å²) in [6.45, 7) is 0. The molecular weight excluding hydrogens is 125 g/mol. The van der Waals surface area contributed by atoms with Crippen LogP contribution in [0.15, 0.2) is 0 Å². The predicted molar refractivity (Wildman–Crippen MR) is 26.2 cm³/mol. The van der Waals surface area contributed by atoms with Crippen molar-refractivity contribution >= 4 is 112 Å².